The summed E-state index contributed by atoms with van der Waals surface area (Å²) in [4.78, 5) is 0. The highest BCUT2D eigenvalue weighted by Crippen LogP contribution is 2.17. The molecule has 0 radical (unpaired) electrons. The van der Waals surface area contributed by atoms with Crippen molar-refractivity contribution < 1.29 is 4.39 Å². The van der Waals surface area contributed by atoms with Gasteiger partial charge in [0.1, 0.15) is 5.82 Å². The molecule has 16 heavy (non-hydrogen) atoms. The van der Waals surface area contributed by atoms with E-state index >= 15 is 0 Å². The molecule has 0 heterocycles. The molecule has 1 aromatic carbocycles. The Kier molecular flexibility index (Phi) is 5.99. The second-order valence-corrected chi connectivity index (χ2v) is 4.85. The van der Waals surface area contributed by atoms with Crippen molar-refractivity contribution in [1.82, 2.24) is 5.32 Å². The topological polar surface area (TPSA) is 12.0 Å². The van der Waals surface area contributed by atoms with E-state index in [1.54, 1.807) is 0 Å². The first-order chi connectivity index (χ1) is 7.67. The summed E-state index contributed by atoms with van der Waals surface area (Å²) in [5, 5.41) is 3.40. The first kappa shape index (κ1) is 13.7. The second kappa shape index (κ2) is 7.02. The van der Waals surface area contributed by atoms with Crippen LogP contribution in [0.3, 0.4) is 0 Å². The van der Waals surface area contributed by atoms with Crippen LogP contribution in [0.2, 0.25) is 0 Å². The van der Waals surface area contributed by atoms with Gasteiger partial charge in [-0.3, -0.25) is 0 Å². The molecule has 90 valence electrons. The predicted octanol–water partition coefficient (Wildman–Crippen LogP) is 3.91. The predicted molar refractivity (Wildman–Crippen MR) is 70.2 cm³/mol. The highest BCUT2D eigenvalue weighted by atomic mass is 79.9. The van der Waals surface area contributed by atoms with Crippen molar-refractivity contribution in [3.8, 4) is 0 Å². The molecule has 0 bridgehead atoms. The zero-order valence-electron chi connectivity index (χ0n) is 9.89. The summed E-state index contributed by atoms with van der Waals surface area (Å²) in [5.74, 6) is -0.110. The van der Waals surface area contributed by atoms with Gasteiger partial charge in [-0.25, -0.2) is 4.39 Å². The number of aryl methyl sites for hydroxylation is 1. The Bertz CT molecular complexity index is 328. The molecule has 1 unspecified atom stereocenters. The molecule has 1 N–H and O–H groups in total. The number of nitrogens with one attached hydrogen (secondary N) is 1. The fourth-order valence-electron chi connectivity index (χ4n) is 1.79. The van der Waals surface area contributed by atoms with Gasteiger partial charge in [0.2, 0.25) is 0 Å². The lowest BCUT2D eigenvalue weighted by molar-refractivity contribution is 0.475. The van der Waals surface area contributed by atoms with E-state index in [1.165, 1.54) is 6.07 Å². The van der Waals surface area contributed by atoms with Crippen molar-refractivity contribution in [3.05, 3.63) is 34.1 Å². The number of rotatable bonds is 6. The molecular weight excluding hydrogens is 269 g/mol. The lowest BCUT2D eigenvalue weighted by Gasteiger charge is -2.15. The quantitative estimate of drug-likeness (QED) is 0.837. The van der Waals surface area contributed by atoms with E-state index in [9.17, 15) is 4.39 Å². The zero-order chi connectivity index (χ0) is 12.0. The molecule has 0 amide bonds. The van der Waals surface area contributed by atoms with Gasteiger partial charge in [-0.15, -0.1) is 0 Å². The van der Waals surface area contributed by atoms with Gasteiger partial charge < -0.3 is 5.32 Å². The summed E-state index contributed by atoms with van der Waals surface area (Å²) in [7, 11) is 0. The van der Waals surface area contributed by atoms with Crippen molar-refractivity contribution in [2.75, 3.05) is 6.54 Å². The second-order valence-electron chi connectivity index (χ2n) is 3.94. The fourth-order valence-corrected chi connectivity index (χ4v) is 2.13. The van der Waals surface area contributed by atoms with Gasteiger partial charge in [0.25, 0.3) is 0 Å². The zero-order valence-corrected chi connectivity index (χ0v) is 11.5. The molecule has 1 atom stereocenters. The number of hydrogen-bond acceptors (Lipinski definition) is 1. The van der Waals surface area contributed by atoms with Crippen LogP contribution in [0, 0.1) is 5.82 Å². The van der Waals surface area contributed by atoms with Gasteiger partial charge in [-0.2, -0.15) is 0 Å². The molecule has 0 aliphatic rings. The summed E-state index contributed by atoms with van der Waals surface area (Å²) in [5.41, 5.74) is 0.805. The van der Waals surface area contributed by atoms with E-state index in [0.717, 1.165) is 35.8 Å². The van der Waals surface area contributed by atoms with Crippen molar-refractivity contribution in [2.24, 2.45) is 0 Å². The van der Waals surface area contributed by atoms with Gasteiger partial charge >= 0.3 is 0 Å². The largest absolute Gasteiger partial charge is 0.314 e. The molecule has 0 aliphatic heterocycles. The number of benzene rings is 1. The lowest BCUT2D eigenvalue weighted by Crippen LogP contribution is -2.28. The van der Waals surface area contributed by atoms with Crippen LogP contribution in [-0.2, 0) is 6.42 Å². The van der Waals surface area contributed by atoms with Crippen LogP contribution in [0.1, 0.15) is 32.3 Å². The highest BCUT2D eigenvalue weighted by molar-refractivity contribution is 9.10. The Balaban J connectivity index is 2.53. The maximum absolute atomic E-state index is 13.5. The molecular formula is C13H19BrFN. The van der Waals surface area contributed by atoms with Gasteiger partial charge in [0.15, 0.2) is 0 Å². The number of hydrogen-bond donors (Lipinski definition) is 1. The van der Waals surface area contributed by atoms with E-state index in [4.69, 9.17) is 0 Å². The molecule has 1 nitrogen and oxygen atoms in total. The molecule has 1 aromatic rings. The number of halogens is 2. The summed E-state index contributed by atoms with van der Waals surface area (Å²) < 4.78 is 14.3. The SMILES string of the molecule is CCNC(CC)CCc1ccc(Br)cc1F. The van der Waals surface area contributed by atoms with Crippen molar-refractivity contribution in [3.63, 3.8) is 0 Å². The molecule has 1 rings (SSSR count). The Morgan fingerprint density at radius 1 is 1.38 bits per heavy atom. The molecule has 0 fully saturated rings. The van der Waals surface area contributed by atoms with E-state index in [0.29, 0.717) is 6.04 Å². The summed E-state index contributed by atoms with van der Waals surface area (Å²) in [6.07, 6.45) is 2.87. The van der Waals surface area contributed by atoms with Gasteiger partial charge in [0.05, 0.1) is 0 Å². The summed E-state index contributed by atoms with van der Waals surface area (Å²) in [6, 6.07) is 5.78. The van der Waals surface area contributed by atoms with E-state index in [1.807, 2.05) is 12.1 Å². The van der Waals surface area contributed by atoms with Crippen molar-refractivity contribution >= 4 is 15.9 Å². The van der Waals surface area contributed by atoms with Gasteiger partial charge in [-0.05, 0) is 43.5 Å². The first-order valence-electron chi connectivity index (χ1n) is 5.84. The Hall–Kier alpha value is -0.410. The van der Waals surface area contributed by atoms with E-state index in [2.05, 4.69) is 35.1 Å². The molecule has 0 saturated heterocycles. The summed E-state index contributed by atoms with van der Waals surface area (Å²) >= 11 is 3.26. The summed E-state index contributed by atoms with van der Waals surface area (Å²) in [6.45, 7) is 5.23. The molecule has 0 aromatic heterocycles. The van der Waals surface area contributed by atoms with E-state index in [-0.39, 0.29) is 5.82 Å². The minimum atomic E-state index is -0.110. The maximum atomic E-state index is 13.5. The fraction of sp³-hybridized carbons (Fsp3) is 0.538. The van der Waals surface area contributed by atoms with Crippen LogP contribution in [-0.4, -0.2) is 12.6 Å². The third-order valence-corrected chi connectivity index (χ3v) is 3.26. The minimum absolute atomic E-state index is 0.110. The van der Waals surface area contributed by atoms with Crippen LogP contribution in [0.4, 0.5) is 4.39 Å². The van der Waals surface area contributed by atoms with Gasteiger partial charge in [-0.1, -0.05) is 35.8 Å². The minimum Gasteiger partial charge on any atom is -0.314 e. The molecule has 3 heteroatoms. The molecule has 0 aliphatic carbocycles. The monoisotopic (exact) mass is 287 g/mol. The van der Waals surface area contributed by atoms with Crippen LogP contribution >= 0.6 is 15.9 Å². The highest BCUT2D eigenvalue weighted by Gasteiger charge is 2.07. The average Bonchev–Trinajstić information content (AvgIpc) is 2.26. The first-order valence-corrected chi connectivity index (χ1v) is 6.64. The average molecular weight is 288 g/mol. The third kappa shape index (κ3) is 4.22. The van der Waals surface area contributed by atoms with Gasteiger partial charge in [0, 0.05) is 10.5 Å². The maximum Gasteiger partial charge on any atom is 0.127 e. The third-order valence-electron chi connectivity index (χ3n) is 2.76. The van der Waals surface area contributed by atoms with E-state index < -0.39 is 0 Å². The standard InChI is InChI=1S/C13H19BrFN/c1-3-12(16-4-2)8-6-10-5-7-11(14)9-13(10)15/h5,7,9,12,16H,3-4,6,8H2,1-2H3. The van der Waals surface area contributed by atoms with Crippen molar-refractivity contribution in [2.45, 2.75) is 39.2 Å². The van der Waals surface area contributed by atoms with Crippen LogP contribution in [0.25, 0.3) is 0 Å². The smallest absolute Gasteiger partial charge is 0.127 e. The molecule has 0 spiro atoms. The Morgan fingerprint density at radius 3 is 2.69 bits per heavy atom. The normalized spacial score (nSPS) is 12.8. The van der Waals surface area contributed by atoms with Crippen LogP contribution in [0.15, 0.2) is 22.7 Å². The lowest BCUT2D eigenvalue weighted by atomic mass is 10.0. The van der Waals surface area contributed by atoms with Crippen molar-refractivity contribution in [1.29, 1.82) is 0 Å². The molecule has 0 saturated carbocycles. The Labute approximate surface area is 106 Å². The van der Waals surface area contributed by atoms with Crippen LogP contribution in [0.5, 0.6) is 0 Å². The van der Waals surface area contributed by atoms with Crippen LogP contribution < -0.4 is 5.32 Å². The Morgan fingerprint density at radius 2 is 2.12 bits per heavy atom.